The topological polar surface area (TPSA) is 142 Å². The molecule has 0 bridgehead atoms. The minimum absolute atomic E-state index is 0.0504. The third-order valence-corrected chi connectivity index (χ3v) is 7.28. The number of anilines is 2. The van der Waals surface area contributed by atoms with E-state index in [1.807, 2.05) is 4.90 Å². The van der Waals surface area contributed by atoms with Gasteiger partial charge in [-0.05, 0) is 44.0 Å². The minimum Gasteiger partial charge on any atom is -0.466 e. The fourth-order valence-electron chi connectivity index (χ4n) is 3.70. The van der Waals surface area contributed by atoms with E-state index < -0.39 is 14.8 Å². The van der Waals surface area contributed by atoms with Crippen LogP contribution in [0.15, 0.2) is 41.3 Å². The van der Waals surface area contributed by atoms with E-state index in [2.05, 4.69) is 0 Å². The first-order valence-corrected chi connectivity index (χ1v) is 12.3. The highest BCUT2D eigenvalue weighted by molar-refractivity contribution is 7.91. The van der Waals surface area contributed by atoms with Gasteiger partial charge in [0.15, 0.2) is 9.84 Å². The quantitative estimate of drug-likeness (QED) is 0.261. The van der Waals surface area contributed by atoms with Crippen LogP contribution in [0.4, 0.5) is 17.1 Å². The van der Waals surface area contributed by atoms with Gasteiger partial charge in [-0.15, -0.1) is 0 Å². The van der Waals surface area contributed by atoms with E-state index in [1.54, 1.807) is 19.9 Å². The van der Waals surface area contributed by atoms with Gasteiger partial charge in [-0.1, -0.05) is 6.92 Å². The van der Waals surface area contributed by atoms with Crippen LogP contribution in [0.3, 0.4) is 0 Å². The minimum atomic E-state index is -3.41. The van der Waals surface area contributed by atoms with Crippen molar-refractivity contribution in [3.8, 4) is 11.5 Å². The molecule has 3 rings (SSSR count). The maximum atomic E-state index is 12.1. The van der Waals surface area contributed by atoms with E-state index in [4.69, 9.17) is 15.2 Å². The van der Waals surface area contributed by atoms with Crippen molar-refractivity contribution in [3.05, 3.63) is 46.5 Å². The Morgan fingerprint density at radius 1 is 1.18 bits per heavy atom. The first kappa shape index (κ1) is 24.3. The molecule has 2 N–H and O–H groups in total. The number of nitrogens with zero attached hydrogens (tertiary/aromatic N) is 2. The number of sulfone groups is 1. The number of hydrogen-bond acceptors (Lipinski definition) is 9. The Balaban J connectivity index is 1.83. The molecule has 0 saturated carbocycles. The Bertz CT molecular complexity index is 1140. The number of carbonyl (C=O) groups excluding carboxylic acids is 1. The summed E-state index contributed by atoms with van der Waals surface area (Å²) < 4.78 is 35.0. The number of nitro groups is 1. The molecule has 0 spiro atoms. The number of rotatable bonds is 8. The summed E-state index contributed by atoms with van der Waals surface area (Å²) in [6.07, 6.45) is 1.06. The van der Waals surface area contributed by atoms with Crippen molar-refractivity contribution in [3.63, 3.8) is 0 Å². The standard InChI is InChI=1S/C22H27N3O7S/c1-3-31-22(26)15-9-11-24(12-10-15)20-13-16(5-7-19(20)25(27)28)32-21-8-6-17(14-18(21)23)33(29,30)4-2/h5-8,13-15H,3-4,9-12,23H2,1-2H3. The lowest BCUT2D eigenvalue weighted by atomic mass is 9.96. The summed E-state index contributed by atoms with van der Waals surface area (Å²) in [7, 11) is -3.41. The Kier molecular flexibility index (Phi) is 7.42. The number of carbonyl (C=O) groups is 1. The summed E-state index contributed by atoms with van der Waals surface area (Å²) >= 11 is 0. The molecule has 0 radical (unpaired) electrons. The average Bonchev–Trinajstić information content (AvgIpc) is 2.80. The lowest BCUT2D eigenvalue weighted by Gasteiger charge is -2.32. The molecule has 1 saturated heterocycles. The molecule has 1 heterocycles. The van der Waals surface area contributed by atoms with Crippen molar-refractivity contribution in [1.82, 2.24) is 0 Å². The zero-order valence-corrected chi connectivity index (χ0v) is 19.3. The largest absolute Gasteiger partial charge is 0.466 e. The monoisotopic (exact) mass is 477 g/mol. The van der Waals surface area contributed by atoms with Gasteiger partial charge in [-0.2, -0.15) is 0 Å². The number of piperidine rings is 1. The smallest absolute Gasteiger partial charge is 0.309 e. The van der Waals surface area contributed by atoms with Crippen molar-refractivity contribution in [2.24, 2.45) is 5.92 Å². The maximum absolute atomic E-state index is 12.1. The van der Waals surface area contributed by atoms with Gasteiger partial charge in [0.2, 0.25) is 0 Å². The fourth-order valence-corrected chi connectivity index (χ4v) is 4.61. The van der Waals surface area contributed by atoms with Crippen LogP contribution < -0.4 is 15.4 Å². The van der Waals surface area contributed by atoms with Gasteiger partial charge in [0.05, 0.1) is 33.8 Å². The van der Waals surface area contributed by atoms with E-state index >= 15 is 0 Å². The average molecular weight is 478 g/mol. The number of hydrogen-bond donors (Lipinski definition) is 1. The van der Waals surface area contributed by atoms with E-state index in [0.29, 0.717) is 44.0 Å². The van der Waals surface area contributed by atoms with Gasteiger partial charge in [0, 0.05) is 25.2 Å². The molecule has 33 heavy (non-hydrogen) atoms. The molecular weight excluding hydrogens is 450 g/mol. The van der Waals surface area contributed by atoms with Crippen LogP contribution >= 0.6 is 0 Å². The summed E-state index contributed by atoms with van der Waals surface area (Å²) in [5.74, 6) is 0.0440. The highest BCUT2D eigenvalue weighted by atomic mass is 32.2. The Labute approximate surface area is 192 Å². The second-order valence-corrected chi connectivity index (χ2v) is 9.90. The normalized spacial score (nSPS) is 14.7. The fraction of sp³-hybridized carbons (Fsp3) is 0.409. The first-order chi connectivity index (χ1) is 15.7. The van der Waals surface area contributed by atoms with Crippen molar-refractivity contribution < 1.29 is 27.6 Å². The SMILES string of the molecule is CCOC(=O)C1CCN(c2cc(Oc3ccc(S(=O)(=O)CC)cc3N)ccc2[N+](=O)[O-])CC1. The van der Waals surface area contributed by atoms with E-state index in [0.717, 1.165) is 0 Å². The molecule has 0 amide bonds. The van der Waals surface area contributed by atoms with Crippen molar-refractivity contribution >= 4 is 32.9 Å². The molecule has 1 aliphatic rings. The summed E-state index contributed by atoms with van der Waals surface area (Å²) in [5.41, 5.74) is 6.44. The van der Waals surface area contributed by atoms with Crippen molar-refractivity contribution in [1.29, 1.82) is 0 Å². The van der Waals surface area contributed by atoms with Crippen LogP contribution in [-0.4, -0.2) is 44.8 Å². The second kappa shape index (κ2) is 10.1. The molecule has 2 aromatic rings. The van der Waals surface area contributed by atoms with Crippen molar-refractivity contribution in [2.45, 2.75) is 31.6 Å². The van der Waals surface area contributed by atoms with Crippen LogP contribution in [0.5, 0.6) is 11.5 Å². The third-order valence-electron chi connectivity index (χ3n) is 5.55. The molecule has 0 unspecified atom stereocenters. The van der Waals surface area contributed by atoms with Crippen molar-refractivity contribution in [2.75, 3.05) is 36.1 Å². The number of nitrogen functional groups attached to an aromatic ring is 1. The molecule has 2 aromatic carbocycles. The first-order valence-electron chi connectivity index (χ1n) is 10.7. The summed E-state index contributed by atoms with van der Waals surface area (Å²) in [5, 5.41) is 11.6. The third kappa shape index (κ3) is 5.54. The highest BCUT2D eigenvalue weighted by Gasteiger charge is 2.29. The van der Waals surface area contributed by atoms with Crippen LogP contribution in [-0.2, 0) is 19.4 Å². The van der Waals surface area contributed by atoms with E-state index in [1.165, 1.54) is 30.3 Å². The number of benzene rings is 2. The number of esters is 1. The maximum Gasteiger partial charge on any atom is 0.309 e. The summed E-state index contributed by atoms with van der Waals surface area (Å²) in [4.78, 5) is 25.1. The summed E-state index contributed by atoms with van der Waals surface area (Å²) in [6, 6.07) is 8.58. The predicted molar refractivity (Wildman–Crippen MR) is 123 cm³/mol. The molecule has 1 fully saturated rings. The predicted octanol–water partition coefficient (Wildman–Crippen LogP) is 3.54. The van der Waals surface area contributed by atoms with Gasteiger partial charge in [0.1, 0.15) is 17.2 Å². The summed E-state index contributed by atoms with van der Waals surface area (Å²) in [6.45, 7) is 4.53. The molecule has 1 aliphatic heterocycles. The molecule has 0 aromatic heterocycles. The van der Waals surface area contributed by atoms with Crippen LogP contribution in [0.2, 0.25) is 0 Å². The molecular formula is C22H27N3O7S. The number of nitro benzene ring substituents is 1. The van der Waals surface area contributed by atoms with E-state index in [-0.39, 0.29) is 39.7 Å². The highest BCUT2D eigenvalue weighted by Crippen LogP contribution is 2.37. The van der Waals surface area contributed by atoms with Gasteiger partial charge >= 0.3 is 5.97 Å². The van der Waals surface area contributed by atoms with Gasteiger partial charge in [0.25, 0.3) is 5.69 Å². The molecule has 10 nitrogen and oxygen atoms in total. The molecule has 0 aliphatic carbocycles. The Hall–Kier alpha value is -3.34. The number of nitrogens with two attached hydrogens (primary N) is 1. The van der Waals surface area contributed by atoms with Gasteiger partial charge in [-0.25, -0.2) is 8.42 Å². The molecule has 178 valence electrons. The zero-order chi connectivity index (χ0) is 24.2. The molecule has 11 heteroatoms. The Morgan fingerprint density at radius 2 is 1.88 bits per heavy atom. The number of ether oxygens (including phenoxy) is 2. The van der Waals surface area contributed by atoms with E-state index in [9.17, 15) is 23.3 Å². The molecule has 0 atom stereocenters. The second-order valence-electron chi connectivity index (χ2n) is 7.63. The Morgan fingerprint density at radius 3 is 2.45 bits per heavy atom. The zero-order valence-electron chi connectivity index (χ0n) is 18.5. The van der Waals surface area contributed by atoms with Gasteiger partial charge < -0.3 is 20.1 Å². The van der Waals surface area contributed by atoms with Crippen LogP contribution in [0.25, 0.3) is 0 Å². The lowest BCUT2D eigenvalue weighted by molar-refractivity contribution is -0.384. The van der Waals surface area contributed by atoms with Gasteiger partial charge in [-0.3, -0.25) is 14.9 Å². The van der Waals surface area contributed by atoms with Crippen LogP contribution in [0.1, 0.15) is 26.7 Å². The lowest BCUT2D eigenvalue weighted by Crippen LogP contribution is -2.37. The van der Waals surface area contributed by atoms with Crippen LogP contribution in [0, 0.1) is 16.0 Å².